The zero-order valence-electron chi connectivity index (χ0n) is 10.5. The first kappa shape index (κ1) is 14.6. The van der Waals surface area contributed by atoms with E-state index in [4.69, 9.17) is 5.26 Å². The summed E-state index contributed by atoms with van der Waals surface area (Å²) in [5, 5.41) is 11.7. The Labute approximate surface area is 124 Å². The highest BCUT2D eigenvalue weighted by molar-refractivity contribution is 9.10. The minimum absolute atomic E-state index is 0.00743. The van der Waals surface area contributed by atoms with Crippen molar-refractivity contribution in [3.63, 3.8) is 0 Å². The van der Waals surface area contributed by atoms with Gasteiger partial charge in [0.25, 0.3) is 0 Å². The van der Waals surface area contributed by atoms with Gasteiger partial charge in [0.05, 0.1) is 16.1 Å². The minimum atomic E-state index is -0.586. The van der Waals surface area contributed by atoms with Gasteiger partial charge in [0.15, 0.2) is 0 Å². The first-order valence-corrected chi connectivity index (χ1v) is 6.73. The van der Waals surface area contributed by atoms with E-state index in [1.165, 1.54) is 12.1 Å². The van der Waals surface area contributed by atoms with E-state index in [2.05, 4.69) is 21.2 Å². The fraction of sp³-hybridized carbons (Fsp3) is 0.133. The Morgan fingerprint density at radius 2 is 1.75 bits per heavy atom. The molecule has 2 aromatic rings. The summed E-state index contributed by atoms with van der Waals surface area (Å²) in [4.78, 5) is 0. The molecule has 0 spiro atoms. The van der Waals surface area contributed by atoms with Gasteiger partial charge in [-0.05, 0) is 45.8 Å². The van der Waals surface area contributed by atoms with E-state index >= 15 is 0 Å². The van der Waals surface area contributed by atoms with Crippen LogP contribution in [0.4, 0.5) is 8.78 Å². The van der Waals surface area contributed by atoms with Crippen LogP contribution in [0.2, 0.25) is 0 Å². The second kappa shape index (κ2) is 6.60. The van der Waals surface area contributed by atoms with Gasteiger partial charge in [0, 0.05) is 18.7 Å². The lowest BCUT2D eigenvalue weighted by atomic mass is 10.1. The van der Waals surface area contributed by atoms with Crippen molar-refractivity contribution in [3.05, 3.63) is 69.2 Å². The average Bonchev–Trinajstić information content (AvgIpc) is 2.47. The summed E-state index contributed by atoms with van der Waals surface area (Å²) >= 11 is 3.03. The van der Waals surface area contributed by atoms with Crippen LogP contribution in [0.15, 0.2) is 40.9 Å². The van der Waals surface area contributed by atoms with Crippen LogP contribution < -0.4 is 5.32 Å². The lowest BCUT2D eigenvalue weighted by Crippen LogP contribution is -2.15. The van der Waals surface area contributed by atoms with Crippen molar-refractivity contribution in [3.8, 4) is 6.07 Å². The third-order valence-corrected chi connectivity index (χ3v) is 3.47. The number of nitrogens with one attached hydrogen (secondary N) is 1. The molecule has 0 saturated carbocycles. The molecule has 0 fully saturated rings. The molecule has 0 aliphatic heterocycles. The highest BCUT2D eigenvalue weighted by atomic mass is 79.9. The molecule has 0 atom stereocenters. The van der Waals surface area contributed by atoms with Crippen molar-refractivity contribution in [2.75, 3.05) is 0 Å². The van der Waals surface area contributed by atoms with Crippen molar-refractivity contribution < 1.29 is 8.78 Å². The lowest BCUT2D eigenvalue weighted by molar-refractivity contribution is 0.532. The van der Waals surface area contributed by atoms with Gasteiger partial charge >= 0.3 is 0 Å². The van der Waals surface area contributed by atoms with E-state index in [1.807, 2.05) is 6.07 Å². The average molecular weight is 337 g/mol. The van der Waals surface area contributed by atoms with Gasteiger partial charge in [-0.25, -0.2) is 8.78 Å². The number of nitriles is 1. The van der Waals surface area contributed by atoms with E-state index in [1.54, 1.807) is 24.3 Å². The van der Waals surface area contributed by atoms with Crippen molar-refractivity contribution in [1.29, 1.82) is 5.26 Å². The SMILES string of the molecule is N#Cc1ccc(CNCc2c(F)ccc(Br)c2F)cc1. The monoisotopic (exact) mass is 336 g/mol. The van der Waals surface area contributed by atoms with Gasteiger partial charge in [-0.15, -0.1) is 0 Å². The van der Waals surface area contributed by atoms with Gasteiger partial charge < -0.3 is 5.32 Å². The molecule has 2 nitrogen and oxygen atoms in total. The van der Waals surface area contributed by atoms with Crippen LogP contribution in [0.25, 0.3) is 0 Å². The molecule has 0 unspecified atom stereocenters. The van der Waals surface area contributed by atoms with Crippen LogP contribution in [0.5, 0.6) is 0 Å². The number of hydrogen-bond donors (Lipinski definition) is 1. The fourth-order valence-electron chi connectivity index (χ4n) is 1.76. The van der Waals surface area contributed by atoms with Gasteiger partial charge in [-0.2, -0.15) is 5.26 Å². The Hall–Kier alpha value is -1.77. The van der Waals surface area contributed by atoms with Crippen molar-refractivity contribution >= 4 is 15.9 Å². The third-order valence-electron chi connectivity index (χ3n) is 2.85. The molecule has 0 aliphatic rings. The molecule has 5 heteroatoms. The molecular weight excluding hydrogens is 326 g/mol. The molecule has 0 aromatic heterocycles. The van der Waals surface area contributed by atoms with E-state index in [-0.39, 0.29) is 16.6 Å². The summed E-state index contributed by atoms with van der Waals surface area (Å²) in [6.45, 7) is 0.564. The summed E-state index contributed by atoms with van der Waals surface area (Å²) < 4.78 is 27.5. The Morgan fingerprint density at radius 1 is 1.05 bits per heavy atom. The predicted molar refractivity (Wildman–Crippen MR) is 75.8 cm³/mol. The molecule has 0 heterocycles. The molecule has 1 N–H and O–H groups in total. The van der Waals surface area contributed by atoms with E-state index in [0.29, 0.717) is 12.1 Å². The molecule has 0 aliphatic carbocycles. The maximum absolute atomic E-state index is 13.7. The van der Waals surface area contributed by atoms with Crippen LogP contribution in [-0.2, 0) is 13.1 Å². The highest BCUT2D eigenvalue weighted by Gasteiger charge is 2.11. The maximum Gasteiger partial charge on any atom is 0.144 e. The van der Waals surface area contributed by atoms with Gasteiger partial charge in [-0.3, -0.25) is 0 Å². The number of hydrogen-bond acceptors (Lipinski definition) is 2. The molecule has 2 aromatic carbocycles. The standard InChI is InChI=1S/C15H11BrF2N2/c16-13-5-6-14(17)12(15(13)18)9-20-8-11-3-1-10(7-19)2-4-11/h1-6,20H,8-9H2. The van der Waals surface area contributed by atoms with Gasteiger partial charge in [-0.1, -0.05) is 12.1 Å². The third kappa shape index (κ3) is 3.41. The van der Waals surface area contributed by atoms with E-state index in [0.717, 1.165) is 5.56 Å². The Bertz CT molecular complexity index is 648. The highest BCUT2D eigenvalue weighted by Crippen LogP contribution is 2.21. The fourth-order valence-corrected chi connectivity index (χ4v) is 2.13. The molecule has 0 bridgehead atoms. The quantitative estimate of drug-likeness (QED) is 0.860. The van der Waals surface area contributed by atoms with Crippen LogP contribution >= 0.6 is 15.9 Å². The van der Waals surface area contributed by atoms with Crippen LogP contribution in [0.1, 0.15) is 16.7 Å². The Balaban J connectivity index is 1.99. The van der Waals surface area contributed by atoms with Gasteiger partial charge in [0.1, 0.15) is 11.6 Å². The molecule has 20 heavy (non-hydrogen) atoms. The second-order valence-electron chi connectivity index (χ2n) is 4.23. The number of rotatable bonds is 4. The number of halogens is 3. The zero-order chi connectivity index (χ0) is 14.5. The normalized spacial score (nSPS) is 10.3. The molecule has 0 radical (unpaired) electrons. The van der Waals surface area contributed by atoms with Crippen molar-refractivity contribution in [2.45, 2.75) is 13.1 Å². The second-order valence-corrected chi connectivity index (χ2v) is 5.09. The molecule has 102 valence electrons. The van der Waals surface area contributed by atoms with E-state index in [9.17, 15) is 8.78 Å². The zero-order valence-corrected chi connectivity index (χ0v) is 12.0. The minimum Gasteiger partial charge on any atom is -0.308 e. The Kier molecular flexibility index (Phi) is 4.83. The first-order chi connectivity index (χ1) is 9.61. The summed E-state index contributed by atoms with van der Waals surface area (Å²) in [6.07, 6.45) is 0. The Morgan fingerprint density at radius 3 is 2.40 bits per heavy atom. The summed E-state index contributed by atoms with van der Waals surface area (Å²) in [5.74, 6) is -1.16. The summed E-state index contributed by atoms with van der Waals surface area (Å²) in [5.41, 5.74) is 1.53. The van der Waals surface area contributed by atoms with Crippen LogP contribution in [0.3, 0.4) is 0 Å². The first-order valence-electron chi connectivity index (χ1n) is 5.94. The van der Waals surface area contributed by atoms with Crippen LogP contribution in [0, 0.1) is 23.0 Å². The molecule has 0 saturated heterocycles. The molecular formula is C15H11BrF2N2. The largest absolute Gasteiger partial charge is 0.308 e. The van der Waals surface area contributed by atoms with Gasteiger partial charge in [0.2, 0.25) is 0 Å². The molecule has 0 amide bonds. The van der Waals surface area contributed by atoms with Crippen molar-refractivity contribution in [2.24, 2.45) is 0 Å². The summed E-state index contributed by atoms with van der Waals surface area (Å²) in [6, 6.07) is 11.6. The smallest absolute Gasteiger partial charge is 0.144 e. The topological polar surface area (TPSA) is 35.8 Å². The maximum atomic E-state index is 13.7. The van der Waals surface area contributed by atoms with E-state index < -0.39 is 11.6 Å². The predicted octanol–water partition coefficient (Wildman–Crippen LogP) is 3.89. The van der Waals surface area contributed by atoms with Crippen LogP contribution in [-0.4, -0.2) is 0 Å². The lowest BCUT2D eigenvalue weighted by Gasteiger charge is -2.08. The number of nitrogens with zero attached hydrogens (tertiary/aromatic N) is 1. The number of benzene rings is 2. The summed E-state index contributed by atoms with van der Waals surface area (Å²) in [7, 11) is 0. The van der Waals surface area contributed by atoms with Crippen molar-refractivity contribution in [1.82, 2.24) is 5.32 Å². The molecule has 2 rings (SSSR count).